The van der Waals surface area contributed by atoms with E-state index in [-0.39, 0.29) is 0 Å². The molecule has 0 fully saturated rings. The zero-order chi connectivity index (χ0) is 11.2. The van der Waals surface area contributed by atoms with Crippen LogP contribution in [0, 0.1) is 3.82 Å². The van der Waals surface area contributed by atoms with Crippen molar-refractivity contribution in [3.8, 4) is 0 Å². The summed E-state index contributed by atoms with van der Waals surface area (Å²) >= 11 is 5.07. The molecule has 1 aliphatic carbocycles. The molecular weight excluding hydrogens is 252 g/mol. The summed E-state index contributed by atoms with van der Waals surface area (Å²) in [7, 11) is 3.38. The van der Waals surface area contributed by atoms with Crippen molar-refractivity contribution in [3.05, 3.63) is 56.8 Å². The smallest absolute Gasteiger partial charge is 0.0842 e. The molecule has 0 unspecified atom stereocenters. The predicted molar refractivity (Wildman–Crippen MR) is 77.7 cm³/mol. The van der Waals surface area contributed by atoms with E-state index in [0.717, 1.165) is 16.7 Å². The van der Waals surface area contributed by atoms with E-state index < -0.39 is 0 Å². The monoisotopic (exact) mass is 264 g/mol. The fraction of sp³-hybridized carbons (Fsp3) is 0.154. The van der Waals surface area contributed by atoms with Crippen LogP contribution in [0.3, 0.4) is 0 Å². The van der Waals surface area contributed by atoms with Crippen molar-refractivity contribution in [2.24, 2.45) is 0 Å². The van der Waals surface area contributed by atoms with Crippen LogP contribution in [0.5, 0.6) is 0 Å². The van der Waals surface area contributed by atoms with E-state index in [9.17, 15) is 0 Å². The van der Waals surface area contributed by atoms with Crippen molar-refractivity contribution < 1.29 is 0 Å². The van der Waals surface area contributed by atoms with Gasteiger partial charge in [0.15, 0.2) is 0 Å². The van der Waals surface area contributed by atoms with E-state index in [1.165, 1.54) is 10.5 Å². The van der Waals surface area contributed by atoms with Gasteiger partial charge in [0, 0.05) is 4.88 Å². The molecule has 0 amide bonds. The fourth-order valence-electron chi connectivity index (χ4n) is 1.42. The Labute approximate surface area is 108 Å². The van der Waals surface area contributed by atoms with E-state index in [1.807, 2.05) is 6.07 Å². The molecule has 0 aliphatic heterocycles. The maximum Gasteiger partial charge on any atom is 0.102 e. The molecule has 0 saturated carbocycles. The van der Waals surface area contributed by atoms with Gasteiger partial charge in [0.25, 0.3) is 0 Å². The first kappa shape index (κ1) is 11.7. The van der Waals surface area contributed by atoms with Gasteiger partial charge in [-0.1, -0.05) is 69.4 Å². The normalized spacial score (nSPS) is 16.1. The zero-order valence-corrected chi connectivity index (χ0v) is 11.2. The van der Waals surface area contributed by atoms with Crippen molar-refractivity contribution in [2.75, 3.05) is 0 Å². The molecule has 0 aromatic carbocycles. The Kier molecular flexibility index (Phi) is 4.45. The molecular formula is C13H12S3. The quantitative estimate of drug-likeness (QED) is 0.401. The Balaban J connectivity index is 1.94. The first-order valence-electron chi connectivity index (χ1n) is 5.15. The van der Waals surface area contributed by atoms with Crippen LogP contribution >= 0.6 is 32.9 Å². The Morgan fingerprint density at radius 1 is 1.19 bits per heavy atom. The van der Waals surface area contributed by atoms with Gasteiger partial charge in [-0.05, 0) is 30.6 Å². The SMILES string of the molecule is S=c1cc(/C=C/C=C/C2=CC=CCC2)ss1. The van der Waals surface area contributed by atoms with Crippen LogP contribution in [0.2, 0.25) is 0 Å². The molecule has 1 aliphatic rings. The lowest BCUT2D eigenvalue weighted by atomic mass is 10.1. The lowest BCUT2D eigenvalue weighted by molar-refractivity contribution is 0.991. The number of hydrogen-bond acceptors (Lipinski definition) is 3. The molecule has 2 rings (SSSR count). The van der Waals surface area contributed by atoms with Gasteiger partial charge in [0.1, 0.15) is 3.82 Å². The average Bonchev–Trinajstić information content (AvgIpc) is 2.72. The fourth-order valence-corrected chi connectivity index (χ4v) is 3.65. The minimum atomic E-state index is 0.966. The van der Waals surface area contributed by atoms with Gasteiger partial charge in [0.05, 0.1) is 0 Å². The van der Waals surface area contributed by atoms with E-state index in [4.69, 9.17) is 12.2 Å². The Morgan fingerprint density at radius 2 is 2.06 bits per heavy atom. The summed E-state index contributed by atoms with van der Waals surface area (Å²) < 4.78 is 0.966. The summed E-state index contributed by atoms with van der Waals surface area (Å²) in [4.78, 5) is 1.23. The minimum absolute atomic E-state index is 0.966. The van der Waals surface area contributed by atoms with Gasteiger partial charge in [-0.15, -0.1) is 0 Å². The minimum Gasteiger partial charge on any atom is -0.0842 e. The van der Waals surface area contributed by atoms with Crippen LogP contribution in [0.15, 0.2) is 48.1 Å². The Morgan fingerprint density at radius 3 is 2.75 bits per heavy atom. The first-order chi connectivity index (χ1) is 7.84. The summed E-state index contributed by atoms with van der Waals surface area (Å²) in [5.74, 6) is 0. The highest BCUT2D eigenvalue weighted by Crippen LogP contribution is 2.19. The lowest BCUT2D eigenvalue weighted by Gasteiger charge is -2.01. The third kappa shape index (κ3) is 3.67. The highest BCUT2D eigenvalue weighted by molar-refractivity contribution is 7.79. The third-order valence-electron chi connectivity index (χ3n) is 2.21. The topological polar surface area (TPSA) is 0 Å². The maximum atomic E-state index is 5.07. The predicted octanol–water partition coefficient (Wildman–Crippen LogP) is 5.38. The van der Waals surface area contributed by atoms with Crippen LogP contribution in [-0.2, 0) is 0 Å². The van der Waals surface area contributed by atoms with Crippen LogP contribution < -0.4 is 0 Å². The summed E-state index contributed by atoms with van der Waals surface area (Å²) in [6.07, 6.45) is 17.2. The molecule has 0 N–H and O–H groups in total. The molecule has 1 heterocycles. The van der Waals surface area contributed by atoms with Gasteiger partial charge < -0.3 is 0 Å². The van der Waals surface area contributed by atoms with Gasteiger partial charge in [-0.25, -0.2) is 0 Å². The van der Waals surface area contributed by atoms with E-state index in [2.05, 4.69) is 42.5 Å². The van der Waals surface area contributed by atoms with Crippen LogP contribution in [0.25, 0.3) is 6.08 Å². The van der Waals surface area contributed by atoms with Gasteiger partial charge >= 0.3 is 0 Å². The molecule has 1 aromatic heterocycles. The van der Waals surface area contributed by atoms with E-state index >= 15 is 0 Å². The van der Waals surface area contributed by atoms with Crippen LogP contribution in [0.1, 0.15) is 17.7 Å². The van der Waals surface area contributed by atoms with Crippen molar-refractivity contribution in [1.82, 2.24) is 0 Å². The van der Waals surface area contributed by atoms with E-state index in [0.29, 0.717) is 0 Å². The average molecular weight is 264 g/mol. The summed E-state index contributed by atoms with van der Waals surface area (Å²) in [5.41, 5.74) is 1.39. The van der Waals surface area contributed by atoms with Crippen molar-refractivity contribution in [3.63, 3.8) is 0 Å². The van der Waals surface area contributed by atoms with Crippen LogP contribution in [-0.4, -0.2) is 0 Å². The molecule has 16 heavy (non-hydrogen) atoms. The molecule has 0 radical (unpaired) electrons. The number of rotatable bonds is 3. The molecule has 0 bridgehead atoms. The molecule has 0 spiro atoms. The Hall–Kier alpha value is -0.770. The van der Waals surface area contributed by atoms with Gasteiger partial charge in [-0.3, -0.25) is 0 Å². The van der Waals surface area contributed by atoms with Crippen LogP contribution in [0.4, 0.5) is 0 Å². The summed E-state index contributed by atoms with van der Waals surface area (Å²) in [6, 6.07) is 2.04. The van der Waals surface area contributed by atoms with Crippen molar-refractivity contribution in [1.29, 1.82) is 0 Å². The molecule has 0 saturated heterocycles. The molecule has 0 atom stereocenters. The maximum absolute atomic E-state index is 5.07. The van der Waals surface area contributed by atoms with Crippen molar-refractivity contribution in [2.45, 2.75) is 12.8 Å². The molecule has 3 heteroatoms. The second-order valence-corrected chi connectivity index (χ2v) is 6.40. The second-order valence-electron chi connectivity index (χ2n) is 3.46. The third-order valence-corrected chi connectivity index (χ3v) is 5.07. The zero-order valence-electron chi connectivity index (χ0n) is 8.76. The number of hydrogen-bond donors (Lipinski definition) is 0. The van der Waals surface area contributed by atoms with E-state index in [1.54, 1.807) is 20.7 Å². The molecule has 82 valence electrons. The molecule has 0 nitrogen and oxygen atoms in total. The van der Waals surface area contributed by atoms with Gasteiger partial charge in [0.2, 0.25) is 0 Å². The van der Waals surface area contributed by atoms with Crippen molar-refractivity contribution >= 4 is 39.0 Å². The lowest BCUT2D eigenvalue weighted by Crippen LogP contribution is -1.81. The highest BCUT2D eigenvalue weighted by atomic mass is 32.9. The molecule has 1 aromatic rings. The summed E-state index contributed by atoms with van der Waals surface area (Å²) in [6.45, 7) is 0. The number of allylic oxidation sites excluding steroid dienone is 7. The standard InChI is InChI=1S/C13H12S3/c14-13-10-12(15-16-13)9-5-4-8-11-6-2-1-3-7-11/h1-2,4-6,8-10H,3,7H2/b8-4+,9-5+. The largest absolute Gasteiger partial charge is 0.102 e. The highest BCUT2D eigenvalue weighted by Gasteiger charge is 1.93. The van der Waals surface area contributed by atoms with Gasteiger partial charge in [-0.2, -0.15) is 0 Å². The second kappa shape index (κ2) is 6.09. The Bertz CT molecular complexity index is 509. The first-order valence-corrected chi connectivity index (χ1v) is 7.71. The summed E-state index contributed by atoms with van der Waals surface area (Å²) in [5, 5.41) is 0.